The summed E-state index contributed by atoms with van der Waals surface area (Å²) in [4.78, 5) is 7.78. The van der Waals surface area contributed by atoms with Crippen molar-refractivity contribution < 1.29 is 9.47 Å². The molecular formula is C12H14N2O2. The number of H-pyrrole nitrogens is 1. The zero-order valence-corrected chi connectivity index (χ0v) is 9.19. The maximum absolute atomic E-state index is 5.56. The number of benzene rings is 1. The fourth-order valence-corrected chi connectivity index (χ4v) is 2.05. The van der Waals surface area contributed by atoms with Crippen molar-refractivity contribution in [2.24, 2.45) is 0 Å². The van der Waals surface area contributed by atoms with Gasteiger partial charge < -0.3 is 14.5 Å². The molecule has 1 N–H and O–H groups in total. The van der Waals surface area contributed by atoms with Crippen LogP contribution in [0.2, 0.25) is 0 Å². The summed E-state index contributed by atoms with van der Waals surface area (Å²) in [7, 11) is 0. The average molecular weight is 218 g/mol. The summed E-state index contributed by atoms with van der Waals surface area (Å²) in [6.45, 7) is 3.28. The molecule has 2 heterocycles. The molecule has 0 saturated carbocycles. The molecule has 2 aromatic rings. The molecule has 0 atom stereocenters. The van der Waals surface area contributed by atoms with Crippen LogP contribution < -0.4 is 0 Å². The van der Waals surface area contributed by atoms with E-state index in [2.05, 4.69) is 9.97 Å². The largest absolute Gasteiger partial charge is 0.347 e. The van der Waals surface area contributed by atoms with Crippen LogP contribution in [0.1, 0.15) is 12.7 Å². The third-order valence-corrected chi connectivity index (χ3v) is 2.83. The molecule has 1 aliphatic heterocycles. The molecule has 3 rings (SSSR count). The van der Waals surface area contributed by atoms with Gasteiger partial charge in [0, 0.05) is 0 Å². The fraction of sp³-hybridized carbons (Fsp3) is 0.417. The molecule has 4 heteroatoms. The molecule has 1 fully saturated rings. The topological polar surface area (TPSA) is 47.1 Å². The summed E-state index contributed by atoms with van der Waals surface area (Å²) in [6.07, 6.45) is 0.654. The first-order chi connectivity index (χ1) is 7.75. The van der Waals surface area contributed by atoms with Gasteiger partial charge in [-0.05, 0) is 19.1 Å². The predicted molar refractivity (Wildman–Crippen MR) is 60.1 cm³/mol. The molecule has 1 aliphatic rings. The maximum atomic E-state index is 5.56. The zero-order chi connectivity index (χ0) is 11.0. The van der Waals surface area contributed by atoms with Crippen LogP contribution >= 0.6 is 0 Å². The van der Waals surface area contributed by atoms with E-state index in [1.807, 2.05) is 31.2 Å². The summed E-state index contributed by atoms with van der Waals surface area (Å²) in [5.74, 6) is 0.388. The minimum Gasteiger partial charge on any atom is -0.347 e. The van der Waals surface area contributed by atoms with E-state index in [9.17, 15) is 0 Å². The van der Waals surface area contributed by atoms with Gasteiger partial charge in [-0.15, -0.1) is 0 Å². The summed E-state index contributed by atoms with van der Waals surface area (Å²) in [5.41, 5.74) is 2.04. The fourth-order valence-electron chi connectivity index (χ4n) is 2.05. The maximum Gasteiger partial charge on any atom is 0.172 e. The third kappa shape index (κ3) is 1.70. The van der Waals surface area contributed by atoms with Crippen molar-refractivity contribution in [3.63, 3.8) is 0 Å². The van der Waals surface area contributed by atoms with E-state index in [1.54, 1.807) is 0 Å². The van der Waals surface area contributed by atoms with Crippen LogP contribution in [-0.2, 0) is 15.9 Å². The molecule has 0 spiro atoms. The van der Waals surface area contributed by atoms with Crippen molar-refractivity contribution in [3.8, 4) is 0 Å². The van der Waals surface area contributed by atoms with E-state index >= 15 is 0 Å². The number of aromatic nitrogens is 2. The molecule has 0 aliphatic carbocycles. The molecule has 84 valence electrons. The minimum absolute atomic E-state index is 0.520. The number of aromatic amines is 1. The standard InChI is InChI=1S/C12H14N2O2/c1-12(15-6-7-16-12)8-11-13-9-4-2-3-5-10(9)14-11/h2-5H,6-8H2,1H3,(H,13,14). The van der Waals surface area contributed by atoms with Crippen LogP contribution in [0.3, 0.4) is 0 Å². The summed E-state index contributed by atoms with van der Waals surface area (Å²) >= 11 is 0. The molecule has 0 amide bonds. The second kappa shape index (κ2) is 3.57. The van der Waals surface area contributed by atoms with Gasteiger partial charge in [0.25, 0.3) is 0 Å². The first-order valence-corrected chi connectivity index (χ1v) is 5.47. The number of ether oxygens (including phenoxy) is 2. The van der Waals surface area contributed by atoms with E-state index < -0.39 is 5.79 Å². The molecule has 0 unspecified atom stereocenters. The SMILES string of the molecule is CC1(Cc2nc3ccccc3[nH]2)OCCO1. The minimum atomic E-state index is -0.520. The van der Waals surface area contributed by atoms with Crippen molar-refractivity contribution in [1.82, 2.24) is 9.97 Å². The van der Waals surface area contributed by atoms with E-state index in [4.69, 9.17) is 9.47 Å². The third-order valence-electron chi connectivity index (χ3n) is 2.83. The highest BCUT2D eigenvalue weighted by Crippen LogP contribution is 2.23. The van der Waals surface area contributed by atoms with Crippen LogP contribution in [-0.4, -0.2) is 29.0 Å². The Balaban J connectivity index is 1.89. The van der Waals surface area contributed by atoms with Crippen LogP contribution in [0, 0.1) is 0 Å². The Morgan fingerprint density at radius 1 is 1.31 bits per heavy atom. The number of hydrogen-bond acceptors (Lipinski definition) is 3. The quantitative estimate of drug-likeness (QED) is 0.837. The first-order valence-electron chi connectivity index (χ1n) is 5.47. The Morgan fingerprint density at radius 3 is 2.81 bits per heavy atom. The lowest BCUT2D eigenvalue weighted by Crippen LogP contribution is -2.28. The molecule has 4 nitrogen and oxygen atoms in total. The lowest BCUT2D eigenvalue weighted by molar-refractivity contribution is -0.141. The van der Waals surface area contributed by atoms with Crippen molar-refractivity contribution in [2.75, 3.05) is 13.2 Å². The average Bonchev–Trinajstić information content (AvgIpc) is 2.84. The molecule has 0 radical (unpaired) electrons. The van der Waals surface area contributed by atoms with Gasteiger partial charge >= 0.3 is 0 Å². The Bertz CT molecular complexity index is 467. The number of fused-ring (bicyclic) bond motifs is 1. The number of imidazole rings is 1. The number of para-hydroxylation sites is 2. The van der Waals surface area contributed by atoms with E-state index in [1.165, 1.54) is 0 Å². The molecule has 16 heavy (non-hydrogen) atoms. The van der Waals surface area contributed by atoms with Crippen molar-refractivity contribution in [2.45, 2.75) is 19.1 Å². The second-order valence-corrected chi connectivity index (χ2v) is 4.21. The second-order valence-electron chi connectivity index (χ2n) is 4.21. The Kier molecular flexibility index (Phi) is 2.19. The lowest BCUT2D eigenvalue weighted by atomic mass is 10.2. The number of nitrogens with one attached hydrogen (secondary N) is 1. The summed E-state index contributed by atoms with van der Waals surface area (Å²) < 4.78 is 11.1. The highest BCUT2D eigenvalue weighted by Gasteiger charge is 2.32. The van der Waals surface area contributed by atoms with Gasteiger partial charge in [-0.25, -0.2) is 4.98 Å². The van der Waals surface area contributed by atoms with Crippen molar-refractivity contribution in [1.29, 1.82) is 0 Å². The Hall–Kier alpha value is -1.39. The first kappa shape index (κ1) is 9.81. The van der Waals surface area contributed by atoms with E-state index in [0.29, 0.717) is 19.6 Å². The summed E-state index contributed by atoms with van der Waals surface area (Å²) in [5, 5.41) is 0. The predicted octanol–water partition coefficient (Wildman–Crippen LogP) is 1.87. The monoisotopic (exact) mass is 218 g/mol. The molecule has 0 bridgehead atoms. The zero-order valence-electron chi connectivity index (χ0n) is 9.19. The van der Waals surface area contributed by atoms with Crippen molar-refractivity contribution >= 4 is 11.0 Å². The molecular weight excluding hydrogens is 204 g/mol. The van der Waals surface area contributed by atoms with Crippen LogP contribution in [0.4, 0.5) is 0 Å². The lowest BCUT2D eigenvalue weighted by Gasteiger charge is -2.20. The Labute approximate surface area is 93.6 Å². The smallest absolute Gasteiger partial charge is 0.172 e. The van der Waals surface area contributed by atoms with Crippen LogP contribution in [0.15, 0.2) is 24.3 Å². The van der Waals surface area contributed by atoms with Crippen molar-refractivity contribution in [3.05, 3.63) is 30.1 Å². The highest BCUT2D eigenvalue weighted by atomic mass is 16.7. The van der Waals surface area contributed by atoms with Gasteiger partial charge in [0.1, 0.15) is 5.82 Å². The Morgan fingerprint density at radius 2 is 2.06 bits per heavy atom. The van der Waals surface area contributed by atoms with Gasteiger partial charge in [-0.1, -0.05) is 12.1 Å². The molecule has 1 aromatic carbocycles. The van der Waals surface area contributed by atoms with E-state index in [0.717, 1.165) is 16.9 Å². The number of nitrogens with zero attached hydrogens (tertiary/aromatic N) is 1. The van der Waals surface area contributed by atoms with Gasteiger partial charge in [-0.2, -0.15) is 0 Å². The van der Waals surface area contributed by atoms with Gasteiger partial charge in [0.2, 0.25) is 0 Å². The van der Waals surface area contributed by atoms with Gasteiger partial charge in [0.15, 0.2) is 5.79 Å². The van der Waals surface area contributed by atoms with Gasteiger partial charge in [0.05, 0.1) is 30.7 Å². The van der Waals surface area contributed by atoms with Gasteiger partial charge in [-0.3, -0.25) is 0 Å². The normalized spacial score (nSPS) is 19.3. The highest BCUT2D eigenvalue weighted by molar-refractivity contribution is 5.74. The summed E-state index contributed by atoms with van der Waals surface area (Å²) in [6, 6.07) is 7.99. The molecule has 1 aromatic heterocycles. The number of hydrogen-bond donors (Lipinski definition) is 1. The van der Waals surface area contributed by atoms with Crippen LogP contribution in [0.25, 0.3) is 11.0 Å². The van der Waals surface area contributed by atoms with E-state index in [-0.39, 0.29) is 0 Å². The molecule has 1 saturated heterocycles. The van der Waals surface area contributed by atoms with Crippen LogP contribution in [0.5, 0.6) is 0 Å². The number of rotatable bonds is 2.